The zero-order valence-electron chi connectivity index (χ0n) is 12.5. The number of ether oxygens (including phenoxy) is 1. The van der Waals surface area contributed by atoms with Crippen molar-refractivity contribution in [3.8, 4) is 0 Å². The predicted octanol–water partition coefficient (Wildman–Crippen LogP) is 2.64. The lowest BCUT2D eigenvalue weighted by molar-refractivity contribution is -0.0311. The van der Waals surface area contributed by atoms with Crippen molar-refractivity contribution in [2.75, 3.05) is 26.3 Å². The van der Waals surface area contributed by atoms with Crippen LogP contribution in [0, 0.1) is 6.92 Å². The molecule has 0 amide bonds. The first-order valence-corrected chi connectivity index (χ1v) is 7.87. The normalized spacial score (nSPS) is 24.7. The van der Waals surface area contributed by atoms with Gasteiger partial charge in [0.25, 0.3) is 0 Å². The van der Waals surface area contributed by atoms with Crippen molar-refractivity contribution in [1.82, 2.24) is 4.90 Å². The number of morpholine rings is 1. The van der Waals surface area contributed by atoms with Gasteiger partial charge >= 0.3 is 0 Å². The van der Waals surface area contributed by atoms with Crippen molar-refractivity contribution >= 4 is 0 Å². The maximum atomic E-state index is 6.73. The molecule has 3 heteroatoms. The molecule has 0 spiro atoms. The third kappa shape index (κ3) is 2.50. The molecular weight excluding hydrogens is 248 g/mol. The maximum Gasteiger partial charge on any atom is 0.0594 e. The van der Waals surface area contributed by atoms with Crippen LogP contribution in [0.15, 0.2) is 24.3 Å². The van der Waals surface area contributed by atoms with Crippen LogP contribution in [0.4, 0.5) is 0 Å². The van der Waals surface area contributed by atoms with E-state index in [1.807, 2.05) is 0 Å². The number of hydrogen-bond acceptors (Lipinski definition) is 3. The van der Waals surface area contributed by atoms with E-state index in [1.54, 1.807) is 0 Å². The zero-order chi connectivity index (χ0) is 14.0. The van der Waals surface area contributed by atoms with Gasteiger partial charge in [-0.15, -0.1) is 0 Å². The average molecular weight is 274 g/mol. The molecule has 2 fully saturated rings. The van der Waals surface area contributed by atoms with Crippen LogP contribution < -0.4 is 5.73 Å². The second kappa shape index (κ2) is 5.84. The Morgan fingerprint density at radius 3 is 2.30 bits per heavy atom. The molecule has 110 valence electrons. The first-order valence-electron chi connectivity index (χ1n) is 7.87. The van der Waals surface area contributed by atoms with Gasteiger partial charge in [0.2, 0.25) is 0 Å². The molecular formula is C17H26N2O. The quantitative estimate of drug-likeness (QED) is 0.921. The fourth-order valence-corrected chi connectivity index (χ4v) is 3.90. The van der Waals surface area contributed by atoms with E-state index in [0.29, 0.717) is 0 Å². The van der Waals surface area contributed by atoms with E-state index >= 15 is 0 Å². The third-order valence-corrected chi connectivity index (χ3v) is 5.13. The Hall–Kier alpha value is -0.900. The van der Waals surface area contributed by atoms with E-state index in [9.17, 15) is 0 Å². The molecule has 1 aliphatic carbocycles. The highest BCUT2D eigenvalue weighted by Gasteiger charge is 2.45. The molecule has 1 unspecified atom stereocenters. The van der Waals surface area contributed by atoms with Gasteiger partial charge in [0, 0.05) is 24.7 Å². The highest BCUT2D eigenvalue weighted by atomic mass is 16.5. The molecule has 2 N–H and O–H groups in total. The summed E-state index contributed by atoms with van der Waals surface area (Å²) in [5, 5.41) is 0. The summed E-state index contributed by atoms with van der Waals surface area (Å²) in [6.45, 7) is 5.88. The molecule has 3 rings (SSSR count). The third-order valence-electron chi connectivity index (χ3n) is 5.13. The van der Waals surface area contributed by atoms with Gasteiger partial charge in [-0.25, -0.2) is 0 Å². The van der Waals surface area contributed by atoms with Crippen LogP contribution in [0.5, 0.6) is 0 Å². The first kappa shape index (κ1) is 14.1. The number of aryl methyl sites for hydroxylation is 1. The molecule has 1 heterocycles. The molecule has 1 saturated heterocycles. The molecule has 1 aliphatic heterocycles. The van der Waals surface area contributed by atoms with Gasteiger partial charge in [0.15, 0.2) is 0 Å². The lowest BCUT2D eigenvalue weighted by Gasteiger charge is -2.47. The summed E-state index contributed by atoms with van der Waals surface area (Å²) in [5.74, 6) is 0. The molecule has 20 heavy (non-hydrogen) atoms. The van der Waals surface area contributed by atoms with Crippen LogP contribution in [-0.4, -0.2) is 36.7 Å². The highest BCUT2D eigenvalue weighted by molar-refractivity contribution is 5.27. The fraction of sp³-hybridized carbons (Fsp3) is 0.647. The molecule has 0 radical (unpaired) electrons. The Labute approximate surface area is 122 Å². The van der Waals surface area contributed by atoms with Crippen molar-refractivity contribution in [3.63, 3.8) is 0 Å². The smallest absolute Gasteiger partial charge is 0.0594 e. The number of nitrogens with two attached hydrogens (primary N) is 1. The molecule has 0 bridgehead atoms. The van der Waals surface area contributed by atoms with Crippen LogP contribution in [0.1, 0.15) is 42.9 Å². The van der Waals surface area contributed by atoms with Crippen LogP contribution in [0.3, 0.4) is 0 Å². The monoisotopic (exact) mass is 274 g/mol. The number of nitrogens with zero attached hydrogens (tertiary/aromatic N) is 1. The van der Waals surface area contributed by atoms with Gasteiger partial charge in [-0.2, -0.15) is 0 Å². The van der Waals surface area contributed by atoms with Crippen molar-refractivity contribution < 1.29 is 4.74 Å². The Morgan fingerprint density at radius 2 is 1.70 bits per heavy atom. The minimum atomic E-state index is 0.115. The van der Waals surface area contributed by atoms with Crippen LogP contribution in [0.25, 0.3) is 0 Å². The van der Waals surface area contributed by atoms with Crippen LogP contribution >= 0.6 is 0 Å². The van der Waals surface area contributed by atoms with E-state index in [-0.39, 0.29) is 11.6 Å². The highest BCUT2D eigenvalue weighted by Crippen LogP contribution is 2.43. The van der Waals surface area contributed by atoms with Gasteiger partial charge in [0.1, 0.15) is 0 Å². The minimum absolute atomic E-state index is 0.115. The Balaban J connectivity index is 1.87. The molecule has 0 aromatic heterocycles. The molecule has 2 aliphatic rings. The van der Waals surface area contributed by atoms with Gasteiger partial charge in [-0.3, -0.25) is 4.90 Å². The zero-order valence-corrected chi connectivity index (χ0v) is 12.5. The second-order valence-corrected chi connectivity index (χ2v) is 6.30. The second-order valence-electron chi connectivity index (χ2n) is 6.30. The summed E-state index contributed by atoms with van der Waals surface area (Å²) in [6.07, 6.45) is 5.05. The lowest BCUT2D eigenvalue weighted by atomic mass is 9.82. The fourth-order valence-electron chi connectivity index (χ4n) is 3.90. The number of benzene rings is 1. The largest absolute Gasteiger partial charge is 0.379 e. The standard InChI is InChI=1S/C17H26N2O/c1-14-4-6-15(7-5-14)16(18)17(8-2-3-9-17)19-10-12-20-13-11-19/h4-7,16H,2-3,8-13,18H2,1H3. The minimum Gasteiger partial charge on any atom is -0.379 e. The summed E-state index contributed by atoms with van der Waals surface area (Å²) in [6, 6.07) is 8.89. The summed E-state index contributed by atoms with van der Waals surface area (Å²) >= 11 is 0. The van der Waals surface area contributed by atoms with Crippen molar-refractivity contribution in [2.24, 2.45) is 5.73 Å². The van der Waals surface area contributed by atoms with E-state index in [4.69, 9.17) is 10.5 Å². The van der Waals surface area contributed by atoms with Crippen LogP contribution in [-0.2, 0) is 4.74 Å². The number of hydrogen-bond donors (Lipinski definition) is 1. The van der Waals surface area contributed by atoms with Crippen molar-refractivity contribution in [1.29, 1.82) is 0 Å². The topological polar surface area (TPSA) is 38.5 Å². The maximum absolute atomic E-state index is 6.73. The van der Waals surface area contributed by atoms with Gasteiger partial charge in [0.05, 0.1) is 13.2 Å². The van der Waals surface area contributed by atoms with Crippen molar-refractivity contribution in [3.05, 3.63) is 35.4 Å². The number of rotatable bonds is 3. The molecule has 1 aromatic rings. The Morgan fingerprint density at radius 1 is 1.10 bits per heavy atom. The first-order chi connectivity index (χ1) is 9.72. The predicted molar refractivity (Wildman–Crippen MR) is 81.7 cm³/mol. The molecule has 1 atom stereocenters. The summed E-state index contributed by atoms with van der Waals surface area (Å²) in [5.41, 5.74) is 9.47. The van der Waals surface area contributed by atoms with Crippen molar-refractivity contribution in [2.45, 2.75) is 44.2 Å². The molecule has 1 saturated carbocycles. The molecule has 3 nitrogen and oxygen atoms in total. The SMILES string of the molecule is Cc1ccc(C(N)C2(N3CCOCC3)CCCC2)cc1. The molecule has 1 aromatic carbocycles. The Bertz CT molecular complexity index is 431. The summed E-state index contributed by atoms with van der Waals surface area (Å²) < 4.78 is 5.52. The van der Waals surface area contributed by atoms with E-state index < -0.39 is 0 Å². The van der Waals surface area contributed by atoms with Crippen LogP contribution in [0.2, 0.25) is 0 Å². The van der Waals surface area contributed by atoms with E-state index in [2.05, 4.69) is 36.1 Å². The van der Waals surface area contributed by atoms with Gasteiger partial charge < -0.3 is 10.5 Å². The van der Waals surface area contributed by atoms with E-state index in [1.165, 1.54) is 36.8 Å². The average Bonchev–Trinajstić information content (AvgIpc) is 2.99. The van der Waals surface area contributed by atoms with E-state index in [0.717, 1.165) is 26.3 Å². The summed E-state index contributed by atoms with van der Waals surface area (Å²) in [7, 11) is 0. The summed E-state index contributed by atoms with van der Waals surface area (Å²) in [4.78, 5) is 2.61. The Kier molecular flexibility index (Phi) is 4.11. The lowest BCUT2D eigenvalue weighted by Crippen LogP contribution is -2.57. The van der Waals surface area contributed by atoms with Gasteiger partial charge in [-0.1, -0.05) is 42.7 Å². The van der Waals surface area contributed by atoms with Gasteiger partial charge in [-0.05, 0) is 25.3 Å².